The number of hydrogen-bond donors (Lipinski definition) is 0. The van der Waals surface area contributed by atoms with Crippen molar-refractivity contribution >= 4 is 6.29 Å². The van der Waals surface area contributed by atoms with Crippen molar-refractivity contribution in [2.24, 2.45) is 5.92 Å². The molecule has 1 heteroatoms. The Labute approximate surface area is 50.4 Å². The van der Waals surface area contributed by atoms with Crippen molar-refractivity contribution < 1.29 is 4.79 Å². The summed E-state index contributed by atoms with van der Waals surface area (Å²) in [5.41, 5.74) is 1.08. The third-order valence-corrected chi connectivity index (χ3v) is 1.32. The molecule has 0 aliphatic heterocycles. The van der Waals surface area contributed by atoms with Gasteiger partial charge in [0.15, 0.2) is 0 Å². The van der Waals surface area contributed by atoms with Crippen LogP contribution in [0.2, 0.25) is 0 Å². The molecule has 0 aliphatic rings. The van der Waals surface area contributed by atoms with Crippen LogP contribution in [0.15, 0.2) is 11.6 Å². The fourth-order valence-electron chi connectivity index (χ4n) is 0.343. The van der Waals surface area contributed by atoms with Crippen molar-refractivity contribution in [2.45, 2.75) is 20.8 Å². The van der Waals surface area contributed by atoms with Gasteiger partial charge in [-0.25, -0.2) is 0 Å². The van der Waals surface area contributed by atoms with E-state index in [1.807, 2.05) is 33.1 Å². The lowest BCUT2D eigenvalue weighted by molar-refractivity contribution is 0.540. The van der Waals surface area contributed by atoms with E-state index in [0.29, 0.717) is 0 Å². The zero-order chi connectivity index (χ0) is 6.57. The van der Waals surface area contributed by atoms with Gasteiger partial charge in [0.2, 0.25) is 6.29 Å². The maximum absolute atomic E-state index is 9.94. The number of hydrogen-bond acceptors (Lipinski definition) is 1. The zero-order valence-corrected chi connectivity index (χ0v) is 5.56. The highest BCUT2D eigenvalue weighted by Gasteiger charge is 1.99. The van der Waals surface area contributed by atoms with Crippen LogP contribution in [0.1, 0.15) is 20.8 Å². The summed E-state index contributed by atoms with van der Waals surface area (Å²) in [5.74, 6) is -0.0278. The Kier molecular flexibility index (Phi) is 3.16. The molecule has 0 aliphatic carbocycles. The molecule has 0 fully saturated rings. The molecule has 45 valence electrons. The summed E-state index contributed by atoms with van der Waals surface area (Å²) in [7, 11) is 0. The Hall–Kier alpha value is -0.590. The first-order chi connectivity index (χ1) is 3.72. The summed E-state index contributed by atoms with van der Waals surface area (Å²) >= 11 is 0. The number of allylic oxidation sites excluding steroid dienone is 2. The fraction of sp³-hybridized carbons (Fsp3) is 0.571. The monoisotopic (exact) mass is 111 g/mol. The molecule has 0 aromatic rings. The van der Waals surface area contributed by atoms with Gasteiger partial charge in [0.1, 0.15) is 0 Å². The van der Waals surface area contributed by atoms with Gasteiger partial charge >= 0.3 is 0 Å². The van der Waals surface area contributed by atoms with Gasteiger partial charge in [0.05, 0.1) is 0 Å². The van der Waals surface area contributed by atoms with E-state index < -0.39 is 0 Å². The van der Waals surface area contributed by atoms with E-state index in [1.54, 1.807) is 0 Å². The maximum atomic E-state index is 9.94. The molecule has 0 aromatic carbocycles. The summed E-state index contributed by atoms with van der Waals surface area (Å²) in [6.45, 7) is 5.68. The number of carbonyl (C=O) groups excluding carboxylic acids is 1. The highest BCUT2D eigenvalue weighted by molar-refractivity contribution is 5.58. The molecule has 1 radical (unpaired) electrons. The third-order valence-electron chi connectivity index (χ3n) is 1.32. The van der Waals surface area contributed by atoms with Crippen LogP contribution < -0.4 is 0 Å². The first-order valence-corrected chi connectivity index (χ1v) is 2.72. The third kappa shape index (κ3) is 1.92. The predicted octanol–water partition coefficient (Wildman–Crippen LogP) is 1.70. The van der Waals surface area contributed by atoms with Gasteiger partial charge in [-0.1, -0.05) is 18.6 Å². The molecule has 1 atom stereocenters. The van der Waals surface area contributed by atoms with Gasteiger partial charge in [-0.05, 0) is 13.8 Å². The van der Waals surface area contributed by atoms with E-state index in [1.165, 1.54) is 0 Å². The van der Waals surface area contributed by atoms with Crippen molar-refractivity contribution in [3.8, 4) is 0 Å². The molecular formula is C7H11O. The predicted molar refractivity (Wildman–Crippen MR) is 34.3 cm³/mol. The number of rotatable bonds is 2. The van der Waals surface area contributed by atoms with Crippen LogP contribution in [-0.4, -0.2) is 6.29 Å². The SMILES string of the molecule is C/C=C(\C)C(C)[C]=O. The Balaban J connectivity index is 3.81. The van der Waals surface area contributed by atoms with E-state index >= 15 is 0 Å². The fourth-order valence-corrected chi connectivity index (χ4v) is 0.343. The first kappa shape index (κ1) is 7.41. The van der Waals surface area contributed by atoms with Crippen molar-refractivity contribution in [2.75, 3.05) is 0 Å². The van der Waals surface area contributed by atoms with Crippen molar-refractivity contribution in [3.63, 3.8) is 0 Å². The average Bonchev–Trinajstić information content (AvgIpc) is 1.84. The Morgan fingerprint density at radius 1 is 1.75 bits per heavy atom. The van der Waals surface area contributed by atoms with Crippen LogP contribution in [0.25, 0.3) is 0 Å². The van der Waals surface area contributed by atoms with Crippen LogP contribution in [0.5, 0.6) is 0 Å². The lowest BCUT2D eigenvalue weighted by Crippen LogP contribution is -1.95. The zero-order valence-electron chi connectivity index (χ0n) is 5.56. The lowest BCUT2D eigenvalue weighted by Gasteiger charge is -1.98. The molecule has 0 saturated carbocycles. The van der Waals surface area contributed by atoms with Gasteiger partial charge < -0.3 is 0 Å². The molecule has 0 N–H and O–H groups in total. The smallest absolute Gasteiger partial charge is 0.205 e. The largest absolute Gasteiger partial charge is 0.290 e. The van der Waals surface area contributed by atoms with Crippen LogP contribution in [0, 0.1) is 5.92 Å². The first-order valence-electron chi connectivity index (χ1n) is 2.72. The lowest BCUT2D eigenvalue weighted by atomic mass is 10.1. The Bertz CT molecular complexity index is 103. The van der Waals surface area contributed by atoms with Crippen LogP contribution >= 0.6 is 0 Å². The van der Waals surface area contributed by atoms with Crippen molar-refractivity contribution in [1.29, 1.82) is 0 Å². The van der Waals surface area contributed by atoms with Crippen LogP contribution in [0.4, 0.5) is 0 Å². The standard InChI is InChI=1S/C7H11O/c1-4-6(2)7(3)5-8/h4,7H,1-3H3/b6-4+. The van der Waals surface area contributed by atoms with E-state index in [4.69, 9.17) is 0 Å². The van der Waals surface area contributed by atoms with E-state index in [-0.39, 0.29) is 5.92 Å². The quantitative estimate of drug-likeness (QED) is 0.496. The van der Waals surface area contributed by atoms with Crippen LogP contribution in [0.3, 0.4) is 0 Å². The topological polar surface area (TPSA) is 17.1 Å². The van der Waals surface area contributed by atoms with Gasteiger partial charge in [0.25, 0.3) is 0 Å². The highest BCUT2D eigenvalue weighted by Crippen LogP contribution is 2.04. The van der Waals surface area contributed by atoms with E-state index in [9.17, 15) is 4.79 Å². The molecule has 0 bridgehead atoms. The van der Waals surface area contributed by atoms with E-state index in [2.05, 4.69) is 0 Å². The molecule has 8 heavy (non-hydrogen) atoms. The van der Waals surface area contributed by atoms with Crippen molar-refractivity contribution in [1.82, 2.24) is 0 Å². The minimum atomic E-state index is -0.0278. The molecule has 1 nitrogen and oxygen atoms in total. The minimum absolute atomic E-state index is 0.0278. The molecule has 0 saturated heterocycles. The molecule has 0 amide bonds. The highest BCUT2D eigenvalue weighted by atomic mass is 16.1. The summed E-state index contributed by atoms with van der Waals surface area (Å²) in [6, 6.07) is 0. The second-order valence-corrected chi connectivity index (χ2v) is 1.87. The van der Waals surface area contributed by atoms with Gasteiger partial charge in [-0.15, -0.1) is 0 Å². The summed E-state index contributed by atoms with van der Waals surface area (Å²) < 4.78 is 0. The van der Waals surface area contributed by atoms with Gasteiger partial charge in [-0.2, -0.15) is 0 Å². The average molecular weight is 111 g/mol. The van der Waals surface area contributed by atoms with Crippen molar-refractivity contribution in [3.05, 3.63) is 11.6 Å². The van der Waals surface area contributed by atoms with Crippen LogP contribution in [-0.2, 0) is 4.79 Å². The molecule has 0 rings (SSSR count). The summed E-state index contributed by atoms with van der Waals surface area (Å²) in [5, 5.41) is 0. The van der Waals surface area contributed by atoms with E-state index in [0.717, 1.165) is 5.57 Å². The summed E-state index contributed by atoms with van der Waals surface area (Å²) in [4.78, 5) is 9.94. The van der Waals surface area contributed by atoms with Gasteiger partial charge in [0, 0.05) is 5.92 Å². The normalized spacial score (nSPS) is 15.6. The minimum Gasteiger partial charge on any atom is -0.290 e. The molecule has 0 heterocycles. The Morgan fingerprint density at radius 3 is 2.38 bits per heavy atom. The molecule has 0 spiro atoms. The maximum Gasteiger partial charge on any atom is 0.205 e. The van der Waals surface area contributed by atoms with Gasteiger partial charge in [-0.3, -0.25) is 4.79 Å². The second kappa shape index (κ2) is 3.42. The Morgan fingerprint density at radius 2 is 2.25 bits per heavy atom. The summed E-state index contributed by atoms with van der Waals surface area (Å²) in [6.07, 6.45) is 3.82. The molecule has 0 aromatic heterocycles. The molecule has 1 unspecified atom stereocenters. The second-order valence-electron chi connectivity index (χ2n) is 1.87. The molecular weight excluding hydrogens is 100 g/mol.